The topological polar surface area (TPSA) is 70.6 Å². The molecule has 0 bridgehead atoms. The first-order valence-corrected chi connectivity index (χ1v) is 11.9. The highest BCUT2D eigenvalue weighted by molar-refractivity contribution is 14.0. The fourth-order valence-electron chi connectivity index (χ4n) is 4.56. The zero-order chi connectivity index (χ0) is 22.8. The Balaban J connectivity index is 0.00000385. The molecule has 188 valence electrons. The third kappa shape index (κ3) is 9.20. The van der Waals surface area contributed by atoms with Crippen LogP contribution in [0, 0.1) is 0 Å². The van der Waals surface area contributed by atoms with E-state index in [0.717, 1.165) is 77.2 Å². The highest BCUT2D eigenvalue weighted by Gasteiger charge is 2.23. The molecule has 2 heterocycles. The second kappa shape index (κ2) is 15.0. The molecule has 2 aliphatic heterocycles. The Hall–Kier alpha value is -1.14. The number of nitrogens with zero attached hydrogens (tertiary/aromatic N) is 3. The molecular weight excluding hydrogens is 533 g/mol. The molecule has 33 heavy (non-hydrogen) atoms. The van der Waals surface area contributed by atoms with E-state index in [1.165, 1.54) is 5.56 Å². The van der Waals surface area contributed by atoms with E-state index in [2.05, 4.69) is 51.4 Å². The number of hydrogen-bond acceptors (Lipinski definition) is 6. The zero-order valence-electron chi connectivity index (χ0n) is 20.6. The Morgan fingerprint density at radius 1 is 1.12 bits per heavy atom. The predicted octanol–water partition coefficient (Wildman–Crippen LogP) is 2.35. The van der Waals surface area contributed by atoms with Crippen molar-refractivity contribution in [1.29, 1.82) is 0 Å². The molecule has 3 atom stereocenters. The summed E-state index contributed by atoms with van der Waals surface area (Å²) in [6, 6.07) is 8.62. The van der Waals surface area contributed by atoms with Crippen molar-refractivity contribution >= 4 is 29.9 Å². The largest absolute Gasteiger partial charge is 0.497 e. The lowest BCUT2D eigenvalue weighted by molar-refractivity contribution is -0.0679. The molecule has 2 fully saturated rings. The van der Waals surface area contributed by atoms with E-state index in [9.17, 15) is 0 Å². The normalized spacial score (nSPS) is 23.5. The summed E-state index contributed by atoms with van der Waals surface area (Å²) < 4.78 is 16.7. The van der Waals surface area contributed by atoms with E-state index in [-0.39, 0.29) is 30.0 Å². The van der Waals surface area contributed by atoms with Crippen LogP contribution in [0.3, 0.4) is 0 Å². The van der Waals surface area contributed by atoms with E-state index >= 15 is 0 Å². The Kier molecular flexibility index (Phi) is 12.8. The molecule has 1 aromatic rings. The van der Waals surface area contributed by atoms with Crippen molar-refractivity contribution in [2.24, 2.45) is 4.99 Å². The monoisotopic (exact) mass is 575 g/mol. The average molecular weight is 576 g/mol. The maximum absolute atomic E-state index is 5.83. The lowest BCUT2D eigenvalue weighted by atomic mass is 10.0. The van der Waals surface area contributed by atoms with Gasteiger partial charge in [0.2, 0.25) is 0 Å². The highest BCUT2D eigenvalue weighted by atomic mass is 127. The molecule has 3 unspecified atom stereocenters. The number of ether oxygens (including phenoxy) is 3. The number of morpholine rings is 2. The van der Waals surface area contributed by atoms with E-state index in [1.807, 2.05) is 19.2 Å². The van der Waals surface area contributed by atoms with Crippen molar-refractivity contribution in [3.63, 3.8) is 0 Å². The van der Waals surface area contributed by atoms with Gasteiger partial charge >= 0.3 is 0 Å². The molecule has 1 aromatic carbocycles. The van der Waals surface area contributed by atoms with Gasteiger partial charge in [-0.3, -0.25) is 14.8 Å². The SMILES string of the molecule is CN=C(NCCCN1CC(C)OC(C)C1)NCC(c1ccc(OC)cc1)N1CCOCC1.I. The maximum Gasteiger partial charge on any atom is 0.191 e. The summed E-state index contributed by atoms with van der Waals surface area (Å²) in [4.78, 5) is 9.41. The molecule has 3 rings (SSSR count). The number of hydrogen-bond donors (Lipinski definition) is 2. The molecule has 2 aliphatic rings. The molecule has 0 saturated carbocycles. The fourth-order valence-corrected chi connectivity index (χ4v) is 4.56. The van der Waals surface area contributed by atoms with Gasteiger partial charge in [-0.15, -0.1) is 24.0 Å². The van der Waals surface area contributed by atoms with E-state index < -0.39 is 0 Å². The number of halogens is 1. The van der Waals surface area contributed by atoms with Gasteiger partial charge in [0, 0.05) is 52.9 Å². The van der Waals surface area contributed by atoms with Crippen LogP contribution in [-0.2, 0) is 9.47 Å². The fraction of sp³-hybridized carbons (Fsp3) is 0.708. The van der Waals surface area contributed by atoms with Crippen LogP contribution in [0.5, 0.6) is 5.75 Å². The van der Waals surface area contributed by atoms with Gasteiger partial charge in [0.1, 0.15) is 5.75 Å². The summed E-state index contributed by atoms with van der Waals surface area (Å²) in [6.45, 7) is 12.5. The van der Waals surface area contributed by atoms with E-state index in [0.29, 0.717) is 12.2 Å². The summed E-state index contributed by atoms with van der Waals surface area (Å²) >= 11 is 0. The minimum atomic E-state index is 0. The average Bonchev–Trinajstić information content (AvgIpc) is 2.81. The Morgan fingerprint density at radius 3 is 2.39 bits per heavy atom. The van der Waals surface area contributed by atoms with Crippen molar-refractivity contribution in [1.82, 2.24) is 20.4 Å². The molecule has 2 saturated heterocycles. The predicted molar refractivity (Wildman–Crippen MR) is 144 cm³/mol. The van der Waals surface area contributed by atoms with Crippen LogP contribution < -0.4 is 15.4 Å². The number of rotatable bonds is 9. The van der Waals surface area contributed by atoms with Crippen LogP contribution in [0.2, 0.25) is 0 Å². The number of aliphatic imine (C=N–C) groups is 1. The smallest absolute Gasteiger partial charge is 0.191 e. The van der Waals surface area contributed by atoms with Gasteiger partial charge in [-0.1, -0.05) is 12.1 Å². The summed E-state index contributed by atoms with van der Waals surface area (Å²) in [6.07, 6.45) is 1.71. The molecule has 0 spiro atoms. The zero-order valence-corrected chi connectivity index (χ0v) is 22.9. The highest BCUT2D eigenvalue weighted by Crippen LogP contribution is 2.23. The first-order chi connectivity index (χ1) is 15.6. The first kappa shape index (κ1) is 28.1. The van der Waals surface area contributed by atoms with Crippen LogP contribution in [0.4, 0.5) is 0 Å². The van der Waals surface area contributed by atoms with Crippen LogP contribution in [0.25, 0.3) is 0 Å². The van der Waals surface area contributed by atoms with Crippen molar-refractivity contribution in [3.8, 4) is 5.75 Å². The van der Waals surface area contributed by atoms with Crippen molar-refractivity contribution < 1.29 is 14.2 Å². The Labute approximate surface area is 216 Å². The van der Waals surface area contributed by atoms with Crippen LogP contribution >= 0.6 is 24.0 Å². The third-order valence-electron chi connectivity index (χ3n) is 6.11. The quantitative estimate of drug-likeness (QED) is 0.203. The number of guanidine groups is 1. The summed E-state index contributed by atoms with van der Waals surface area (Å²) in [5, 5.41) is 7.02. The molecule has 0 aliphatic carbocycles. The van der Waals surface area contributed by atoms with Gasteiger partial charge in [0.05, 0.1) is 38.6 Å². The van der Waals surface area contributed by atoms with Gasteiger partial charge in [-0.2, -0.15) is 0 Å². The number of nitrogens with one attached hydrogen (secondary N) is 2. The molecule has 0 radical (unpaired) electrons. The second-order valence-corrected chi connectivity index (χ2v) is 8.69. The summed E-state index contributed by atoms with van der Waals surface area (Å²) in [5.74, 6) is 1.73. The lowest BCUT2D eigenvalue weighted by Crippen LogP contribution is -2.47. The Morgan fingerprint density at radius 2 is 1.79 bits per heavy atom. The second-order valence-electron chi connectivity index (χ2n) is 8.69. The molecular formula is C24H42IN5O3. The third-order valence-corrected chi connectivity index (χ3v) is 6.11. The molecule has 9 heteroatoms. The van der Waals surface area contributed by atoms with Gasteiger partial charge in [-0.25, -0.2) is 0 Å². The number of benzene rings is 1. The molecule has 0 aromatic heterocycles. The Bertz CT molecular complexity index is 690. The van der Waals surface area contributed by atoms with Gasteiger partial charge in [-0.05, 0) is 38.0 Å². The minimum Gasteiger partial charge on any atom is -0.497 e. The van der Waals surface area contributed by atoms with Gasteiger partial charge < -0.3 is 24.8 Å². The maximum atomic E-state index is 5.83. The van der Waals surface area contributed by atoms with E-state index in [4.69, 9.17) is 14.2 Å². The van der Waals surface area contributed by atoms with Crippen LogP contribution in [0.15, 0.2) is 29.3 Å². The van der Waals surface area contributed by atoms with Gasteiger partial charge in [0.15, 0.2) is 5.96 Å². The lowest BCUT2D eigenvalue weighted by Gasteiger charge is -2.35. The molecule has 8 nitrogen and oxygen atoms in total. The van der Waals surface area contributed by atoms with Crippen molar-refractivity contribution in [2.45, 2.75) is 38.5 Å². The van der Waals surface area contributed by atoms with Crippen LogP contribution in [-0.4, -0.2) is 101 Å². The first-order valence-electron chi connectivity index (χ1n) is 11.9. The molecule has 2 N–H and O–H groups in total. The van der Waals surface area contributed by atoms with E-state index in [1.54, 1.807) is 7.11 Å². The summed E-state index contributed by atoms with van der Waals surface area (Å²) in [7, 11) is 3.53. The summed E-state index contributed by atoms with van der Waals surface area (Å²) in [5.41, 5.74) is 1.27. The van der Waals surface area contributed by atoms with Crippen molar-refractivity contribution in [2.75, 3.05) is 73.2 Å². The standard InChI is InChI=1S/C24H41N5O3.HI/c1-19-17-28(18-20(2)32-19)11-5-10-26-24(25-3)27-16-23(29-12-14-31-15-13-29)21-6-8-22(30-4)9-7-21;/h6-9,19-20,23H,5,10-18H2,1-4H3,(H2,25,26,27);1H. The van der Waals surface area contributed by atoms with Gasteiger partial charge in [0.25, 0.3) is 0 Å². The van der Waals surface area contributed by atoms with Crippen molar-refractivity contribution in [3.05, 3.63) is 29.8 Å². The molecule has 0 amide bonds. The number of methoxy groups -OCH3 is 1. The minimum absolute atomic E-state index is 0. The van der Waals surface area contributed by atoms with Crippen LogP contribution in [0.1, 0.15) is 31.9 Å².